The van der Waals surface area contributed by atoms with Gasteiger partial charge in [-0.15, -0.1) is 10.2 Å². The molecule has 7 nitrogen and oxygen atoms in total. The summed E-state index contributed by atoms with van der Waals surface area (Å²) < 4.78 is 1.80. The van der Waals surface area contributed by atoms with E-state index in [-0.39, 0.29) is 30.0 Å². The smallest absolute Gasteiger partial charge is 0.237 e. The number of thioether (sulfide) groups is 1. The van der Waals surface area contributed by atoms with Crippen molar-refractivity contribution >= 4 is 46.6 Å². The monoisotopic (exact) mass is 441 g/mol. The molecule has 1 N–H and O–H groups in total. The van der Waals surface area contributed by atoms with Gasteiger partial charge in [0.05, 0.1) is 22.8 Å². The molecule has 2 amide bonds. The van der Waals surface area contributed by atoms with Crippen LogP contribution in [-0.2, 0) is 9.59 Å². The largest absolute Gasteiger partial charge is 0.324 e. The Morgan fingerprint density at radius 3 is 2.90 bits per heavy atom. The predicted molar refractivity (Wildman–Crippen MR) is 118 cm³/mol. The van der Waals surface area contributed by atoms with Crippen molar-refractivity contribution in [1.29, 1.82) is 0 Å². The minimum absolute atomic E-state index is 0.103. The highest BCUT2D eigenvalue weighted by atomic mass is 35.5. The average molecular weight is 442 g/mol. The third-order valence-corrected chi connectivity index (χ3v) is 6.24. The summed E-state index contributed by atoms with van der Waals surface area (Å²) in [7, 11) is 0. The van der Waals surface area contributed by atoms with E-state index < -0.39 is 0 Å². The second-order valence-electron chi connectivity index (χ2n) is 7.09. The third-order valence-electron chi connectivity index (χ3n) is 4.90. The van der Waals surface area contributed by atoms with E-state index >= 15 is 0 Å². The van der Waals surface area contributed by atoms with E-state index in [1.165, 1.54) is 11.8 Å². The first-order valence-electron chi connectivity index (χ1n) is 9.44. The number of carbonyl (C=O) groups is 2. The fraction of sp³-hybridized carbons (Fsp3) is 0.238. The number of para-hydroxylation sites is 2. The van der Waals surface area contributed by atoms with E-state index in [4.69, 9.17) is 11.6 Å². The zero-order chi connectivity index (χ0) is 21.3. The average Bonchev–Trinajstić information content (AvgIpc) is 3.13. The summed E-state index contributed by atoms with van der Waals surface area (Å²) in [6.07, 6.45) is 1.84. The minimum Gasteiger partial charge on any atom is -0.324 e. The van der Waals surface area contributed by atoms with Crippen molar-refractivity contribution in [3.05, 3.63) is 59.4 Å². The van der Waals surface area contributed by atoms with E-state index in [1.807, 2.05) is 50.2 Å². The van der Waals surface area contributed by atoms with Gasteiger partial charge in [0.15, 0.2) is 5.16 Å². The van der Waals surface area contributed by atoms with E-state index in [1.54, 1.807) is 21.9 Å². The maximum Gasteiger partial charge on any atom is 0.237 e. The highest BCUT2D eigenvalue weighted by Crippen LogP contribution is 2.32. The standard InChI is InChI=1S/C21H20ClN5O2S/c1-13-7-8-15(10-16(13)22)26-12-23-25-21(26)30-11-20(29)27-14(2)9-19(28)24-17-5-3-4-6-18(17)27/h3-8,10,12,14H,9,11H2,1-2H3,(H,24,28). The van der Waals surface area contributed by atoms with Gasteiger partial charge < -0.3 is 10.2 Å². The number of carbonyl (C=O) groups excluding carboxylic acids is 2. The lowest BCUT2D eigenvalue weighted by atomic mass is 10.2. The van der Waals surface area contributed by atoms with Crippen LogP contribution in [0, 0.1) is 6.92 Å². The van der Waals surface area contributed by atoms with Gasteiger partial charge in [-0.3, -0.25) is 14.2 Å². The number of aromatic nitrogens is 3. The van der Waals surface area contributed by atoms with Crippen LogP contribution in [0.25, 0.3) is 5.69 Å². The molecular formula is C21H20ClN5O2S. The number of rotatable bonds is 4. The molecule has 1 aliphatic heterocycles. The van der Waals surface area contributed by atoms with Gasteiger partial charge in [0.1, 0.15) is 6.33 Å². The fourth-order valence-electron chi connectivity index (χ4n) is 3.40. The summed E-state index contributed by atoms with van der Waals surface area (Å²) in [6.45, 7) is 3.81. The summed E-state index contributed by atoms with van der Waals surface area (Å²) in [5.41, 5.74) is 3.15. The summed E-state index contributed by atoms with van der Waals surface area (Å²) in [5.74, 6) is -0.0487. The molecule has 0 fully saturated rings. The van der Waals surface area contributed by atoms with Crippen LogP contribution in [-0.4, -0.2) is 38.4 Å². The van der Waals surface area contributed by atoms with Crippen LogP contribution in [0.1, 0.15) is 18.9 Å². The summed E-state index contributed by atoms with van der Waals surface area (Å²) in [6, 6.07) is 12.8. The number of nitrogens with zero attached hydrogens (tertiary/aromatic N) is 4. The molecule has 0 bridgehead atoms. The second kappa shape index (κ2) is 8.49. The topological polar surface area (TPSA) is 80.1 Å². The Bertz CT molecular complexity index is 1120. The Morgan fingerprint density at radius 2 is 2.10 bits per heavy atom. The number of benzene rings is 2. The van der Waals surface area contributed by atoms with Gasteiger partial charge in [0, 0.05) is 17.5 Å². The molecule has 2 heterocycles. The van der Waals surface area contributed by atoms with Crippen LogP contribution in [0.2, 0.25) is 5.02 Å². The molecule has 0 saturated heterocycles. The molecule has 1 atom stereocenters. The van der Waals surface area contributed by atoms with Crippen LogP contribution in [0.4, 0.5) is 11.4 Å². The number of anilines is 2. The number of nitrogens with one attached hydrogen (secondary N) is 1. The zero-order valence-electron chi connectivity index (χ0n) is 16.5. The zero-order valence-corrected chi connectivity index (χ0v) is 18.1. The van der Waals surface area contributed by atoms with E-state index in [9.17, 15) is 9.59 Å². The van der Waals surface area contributed by atoms with Gasteiger partial charge in [0.2, 0.25) is 11.8 Å². The number of amides is 2. The van der Waals surface area contributed by atoms with E-state index in [0.717, 1.165) is 11.3 Å². The normalized spacial score (nSPS) is 16.0. The van der Waals surface area contributed by atoms with E-state index in [2.05, 4.69) is 15.5 Å². The molecule has 9 heteroatoms. The molecule has 0 saturated carbocycles. The highest BCUT2D eigenvalue weighted by Gasteiger charge is 2.29. The maximum atomic E-state index is 13.2. The first kappa shape index (κ1) is 20.4. The molecule has 1 unspecified atom stereocenters. The third kappa shape index (κ3) is 4.06. The number of aryl methyl sites for hydroxylation is 1. The molecule has 1 aliphatic rings. The van der Waals surface area contributed by atoms with E-state index in [0.29, 0.717) is 21.6 Å². The van der Waals surface area contributed by atoms with Crippen molar-refractivity contribution < 1.29 is 9.59 Å². The minimum atomic E-state index is -0.254. The number of halogens is 1. The quantitative estimate of drug-likeness (QED) is 0.617. The van der Waals surface area contributed by atoms with Crippen molar-refractivity contribution in [1.82, 2.24) is 14.8 Å². The van der Waals surface area contributed by atoms with Crippen molar-refractivity contribution in [2.45, 2.75) is 31.5 Å². The predicted octanol–water partition coefficient (Wildman–Crippen LogP) is 4.09. The molecule has 30 heavy (non-hydrogen) atoms. The maximum absolute atomic E-state index is 13.2. The Hall–Kier alpha value is -2.84. The Kier molecular flexibility index (Phi) is 5.78. The molecule has 0 aliphatic carbocycles. The lowest BCUT2D eigenvalue weighted by Crippen LogP contribution is -2.40. The first-order valence-corrected chi connectivity index (χ1v) is 10.8. The Labute approximate surface area is 183 Å². The molecule has 0 spiro atoms. The SMILES string of the molecule is Cc1ccc(-n2cnnc2SCC(=O)N2c3ccccc3NC(=O)CC2C)cc1Cl. The molecule has 0 radical (unpaired) electrons. The molecule has 1 aromatic heterocycles. The Morgan fingerprint density at radius 1 is 1.30 bits per heavy atom. The first-order chi connectivity index (χ1) is 14.4. The van der Waals surface area contributed by atoms with Crippen molar-refractivity contribution in [2.24, 2.45) is 0 Å². The van der Waals surface area contributed by atoms with Crippen molar-refractivity contribution in [3.8, 4) is 5.69 Å². The van der Waals surface area contributed by atoms with Gasteiger partial charge in [-0.1, -0.05) is 41.6 Å². The molecular weight excluding hydrogens is 422 g/mol. The van der Waals surface area contributed by atoms with Crippen LogP contribution in [0.15, 0.2) is 53.9 Å². The van der Waals surface area contributed by atoms with Crippen LogP contribution >= 0.6 is 23.4 Å². The van der Waals surface area contributed by atoms with Gasteiger partial charge in [-0.25, -0.2) is 0 Å². The second-order valence-corrected chi connectivity index (χ2v) is 8.44. The van der Waals surface area contributed by atoms with Gasteiger partial charge in [0.25, 0.3) is 0 Å². The summed E-state index contributed by atoms with van der Waals surface area (Å²) in [5, 5.41) is 12.3. The van der Waals surface area contributed by atoms with Crippen molar-refractivity contribution in [3.63, 3.8) is 0 Å². The summed E-state index contributed by atoms with van der Waals surface area (Å²) >= 11 is 7.54. The highest BCUT2D eigenvalue weighted by molar-refractivity contribution is 7.99. The Balaban J connectivity index is 1.55. The molecule has 154 valence electrons. The van der Waals surface area contributed by atoms with Crippen LogP contribution < -0.4 is 10.2 Å². The van der Waals surface area contributed by atoms with Crippen molar-refractivity contribution in [2.75, 3.05) is 16.0 Å². The molecule has 3 aromatic rings. The fourth-order valence-corrected chi connectivity index (χ4v) is 4.36. The van der Waals surface area contributed by atoms with Gasteiger partial charge in [-0.05, 0) is 43.7 Å². The number of hydrogen-bond donors (Lipinski definition) is 1. The number of hydrogen-bond acceptors (Lipinski definition) is 5. The van der Waals surface area contributed by atoms with Crippen LogP contribution in [0.5, 0.6) is 0 Å². The lowest BCUT2D eigenvalue weighted by molar-refractivity contribution is -0.117. The van der Waals surface area contributed by atoms with Gasteiger partial charge >= 0.3 is 0 Å². The number of fused-ring (bicyclic) bond motifs is 1. The lowest BCUT2D eigenvalue weighted by Gasteiger charge is -2.27. The van der Waals surface area contributed by atoms with Crippen LogP contribution in [0.3, 0.4) is 0 Å². The molecule has 4 rings (SSSR count). The van der Waals surface area contributed by atoms with Gasteiger partial charge in [-0.2, -0.15) is 0 Å². The molecule has 2 aromatic carbocycles. The summed E-state index contributed by atoms with van der Waals surface area (Å²) in [4.78, 5) is 27.0.